The average molecular weight is 499 g/mol. The van der Waals surface area contributed by atoms with Crippen LogP contribution in [0.1, 0.15) is 30.3 Å². The molecule has 0 bridgehead atoms. The van der Waals surface area contributed by atoms with Crippen LogP contribution >= 0.6 is 11.6 Å². The molecule has 8 nitrogen and oxygen atoms in total. The molecule has 0 aliphatic carbocycles. The van der Waals surface area contributed by atoms with Gasteiger partial charge >= 0.3 is 0 Å². The SMILES string of the molecule is Cc1nc2c(C#N)c(C(F)F)nn2c(N2CC(OC[C@H](C)O)C2)c1-c1ccnc2cc(Cl)ccc12. The van der Waals surface area contributed by atoms with Crippen LogP contribution in [0.4, 0.5) is 14.6 Å². The fourth-order valence-corrected chi connectivity index (χ4v) is 4.52. The molecular weight excluding hydrogens is 478 g/mol. The molecule has 3 aromatic heterocycles. The first kappa shape index (κ1) is 23.4. The fraction of sp³-hybridized carbons (Fsp3) is 0.333. The number of halogens is 3. The molecule has 1 aromatic carbocycles. The molecule has 35 heavy (non-hydrogen) atoms. The predicted octanol–water partition coefficient (Wildman–Crippen LogP) is 4.30. The molecular formula is C24H21ClF2N6O2. The van der Waals surface area contributed by atoms with Crippen LogP contribution in [0.15, 0.2) is 30.5 Å². The van der Waals surface area contributed by atoms with Crippen molar-refractivity contribution in [2.75, 3.05) is 24.6 Å². The number of hydrogen-bond donors (Lipinski definition) is 1. The molecule has 0 spiro atoms. The van der Waals surface area contributed by atoms with Crippen molar-refractivity contribution in [3.8, 4) is 17.2 Å². The van der Waals surface area contributed by atoms with E-state index in [9.17, 15) is 19.1 Å². The van der Waals surface area contributed by atoms with E-state index in [1.807, 2.05) is 23.1 Å². The summed E-state index contributed by atoms with van der Waals surface area (Å²) >= 11 is 6.17. The number of aryl methyl sites for hydroxylation is 1. The van der Waals surface area contributed by atoms with Crippen molar-refractivity contribution in [1.82, 2.24) is 19.6 Å². The number of rotatable bonds is 6. The summed E-state index contributed by atoms with van der Waals surface area (Å²) in [5.74, 6) is 0.537. The lowest BCUT2D eigenvalue weighted by Crippen LogP contribution is -2.53. The van der Waals surface area contributed by atoms with Crippen LogP contribution in [0, 0.1) is 18.3 Å². The second kappa shape index (κ2) is 9.00. The highest BCUT2D eigenvalue weighted by molar-refractivity contribution is 6.31. The van der Waals surface area contributed by atoms with Gasteiger partial charge in [0, 0.05) is 35.3 Å². The zero-order chi connectivity index (χ0) is 24.9. The first-order valence-corrected chi connectivity index (χ1v) is 11.4. The van der Waals surface area contributed by atoms with Gasteiger partial charge in [0.05, 0.1) is 30.0 Å². The lowest BCUT2D eigenvalue weighted by atomic mass is 9.98. The topological polar surface area (TPSA) is 99.6 Å². The average Bonchev–Trinajstić information content (AvgIpc) is 3.15. The van der Waals surface area contributed by atoms with E-state index < -0.39 is 18.2 Å². The molecule has 0 unspecified atom stereocenters. The zero-order valence-electron chi connectivity index (χ0n) is 18.9. The lowest BCUT2D eigenvalue weighted by molar-refractivity contribution is -0.0146. The second-order valence-corrected chi connectivity index (χ2v) is 8.97. The van der Waals surface area contributed by atoms with Gasteiger partial charge in [0.25, 0.3) is 6.43 Å². The monoisotopic (exact) mass is 498 g/mol. The van der Waals surface area contributed by atoms with Gasteiger partial charge in [-0.2, -0.15) is 14.9 Å². The molecule has 1 saturated heterocycles. The number of aromatic nitrogens is 4. The largest absolute Gasteiger partial charge is 0.391 e. The maximum absolute atomic E-state index is 13.8. The third-order valence-corrected chi connectivity index (χ3v) is 6.20. The van der Waals surface area contributed by atoms with Gasteiger partial charge in [-0.25, -0.2) is 13.8 Å². The summed E-state index contributed by atoms with van der Waals surface area (Å²) in [5, 5.41) is 24.6. The third-order valence-electron chi connectivity index (χ3n) is 5.96. The van der Waals surface area contributed by atoms with E-state index in [1.165, 1.54) is 4.52 Å². The molecule has 0 saturated carbocycles. The molecule has 11 heteroatoms. The minimum absolute atomic E-state index is 0.0776. The van der Waals surface area contributed by atoms with Crippen molar-refractivity contribution in [2.45, 2.75) is 32.5 Å². The summed E-state index contributed by atoms with van der Waals surface area (Å²) < 4.78 is 34.6. The minimum atomic E-state index is -2.93. The Kier molecular flexibility index (Phi) is 6.01. The van der Waals surface area contributed by atoms with Gasteiger partial charge < -0.3 is 14.7 Å². The van der Waals surface area contributed by atoms with Gasteiger partial charge in [-0.1, -0.05) is 17.7 Å². The fourth-order valence-electron chi connectivity index (χ4n) is 4.36. The minimum Gasteiger partial charge on any atom is -0.391 e. The lowest BCUT2D eigenvalue weighted by Gasteiger charge is -2.41. The van der Waals surface area contributed by atoms with Crippen LogP contribution in [-0.2, 0) is 4.74 Å². The number of ether oxygens (including phenoxy) is 1. The van der Waals surface area contributed by atoms with E-state index in [4.69, 9.17) is 16.3 Å². The summed E-state index contributed by atoms with van der Waals surface area (Å²) in [6.45, 7) is 4.53. The third kappa shape index (κ3) is 4.05. The van der Waals surface area contributed by atoms with Crippen molar-refractivity contribution < 1.29 is 18.6 Å². The van der Waals surface area contributed by atoms with Crippen molar-refractivity contribution in [2.24, 2.45) is 0 Å². The number of fused-ring (bicyclic) bond motifs is 2. The van der Waals surface area contributed by atoms with E-state index in [2.05, 4.69) is 15.1 Å². The maximum atomic E-state index is 13.8. The normalized spacial score (nSPS) is 15.1. The standard InChI is InChI=1S/C24H21ClF2N6O2/c1-12(34)11-35-15-9-32(10-15)24-20(17-5-6-29-19-7-14(25)3-4-16(17)19)13(2)30-23-18(8-28)21(22(26)27)31-33(23)24/h3-7,12,15,22,34H,9-11H2,1-2H3/t12-/m0/s1. The Morgan fingerprint density at radius 2 is 2.09 bits per heavy atom. The second-order valence-electron chi connectivity index (χ2n) is 8.53. The summed E-state index contributed by atoms with van der Waals surface area (Å²) in [6, 6.07) is 9.04. The molecule has 0 radical (unpaired) electrons. The number of aliphatic hydroxyl groups excluding tert-OH is 1. The quantitative estimate of drug-likeness (QED) is 0.423. The van der Waals surface area contributed by atoms with Crippen LogP contribution in [0.5, 0.6) is 0 Å². The number of nitriles is 1. The molecule has 1 atom stereocenters. The summed E-state index contributed by atoms with van der Waals surface area (Å²) in [6.07, 6.45) is -2.01. The Morgan fingerprint density at radius 3 is 2.77 bits per heavy atom. The van der Waals surface area contributed by atoms with Crippen molar-refractivity contribution >= 4 is 34.0 Å². The number of nitrogens with zero attached hydrogens (tertiary/aromatic N) is 6. The molecule has 180 valence electrons. The van der Waals surface area contributed by atoms with Crippen LogP contribution < -0.4 is 4.90 Å². The highest BCUT2D eigenvalue weighted by Gasteiger charge is 2.35. The number of hydrogen-bond acceptors (Lipinski definition) is 7. The first-order chi connectivity index (χ1) is 16.8. The van der Waals surface area contributed by atoms with Gasteiger partial charge in [0.1, 0.15) is 23.1 Å². The first-order valence-electron chi connectivity index (χ1n) is 11.0. The Morgan fingerprint density at radius 1 is 1.31 bits per heavy atom. The number of benzene rings is 1. The molecule has 0 amide bonds. The Bertz CT molecular complexity index is 1480. The molecule has 4 heterocycles. The van der Waals surface area contributed by atoms with Gasteiger partial charge in [0.15, 0.2) is 5.65 Å². The Balaban J connectivity index is 1.74. The maximum Gasteiger partial charge on any atom is 0.283 e. The van der Waals surface area contributed by atoms with Crippen LogP contribution in [0.25, 0.3) is 27.7 Å². The smallest absolute Gasteiger partial charge is 0.283 e. The van der Waals surface area contributed by atoms with Crippen LogP contribution in [0.3, 0.4) is 0 Å². The highest BCUT2D eigenvalue weighted by atomic mass is 35.5. The van der Waals surface area contributed by atoms with Gasteiger partial charge in [-0.3, -0.25) is 4.98 Å². The summed E-state index contributed by atoms with van der Waals surface area (Å²) in [7, 11) is 0. The van der Waals surface area contributed by atoms with E-state index in [0.717, 1.165) is 10.9 Å². The van der Waals surface area contributed by atoms with E-state index >= 15 is 0 Å². The number of aliphatic hydroxyl groups is 1. The van der Waals surface area contributed by atoms with E-state index in [0.29, 0.717) is 40.7 Å². The van der Waals surface area contributed by atoms with Crippen molar-refractivity contribution in [3.63, 3.8) is 0 Å². The van der Waals surface area contributed by atoms with Gasteiger partial charge in [-0.15, -0.1) is 0 Å². The Hall–Kier alpha value is -3.39. The summed E-state index contributed by atoms with van der Waals surface area (Å²) in [5.41, 5.74) is 1.93. The molecule has 1 aliphatic heterocycles. The number of alkyl halides is 2. The van der Waals surface area contributed by atoms with Crippen molar-refractivity contribution in [3.05, 3.63) is 52.4 Å². The zero-order valence-corrected chi connectivity index (χ0v) is 19.7. The number of anilines is 1. The molecule has 5 rings (SSSR count). The molecule has 1 N–H and O–H groups in total. The van der Waals surface area contributed by atoms with Crippen LogP contribution in [0.2, 0.25) is 5.02 Å². The molecule has 4 aromatic rings. The van der Waals surface area contributed by atoms with Gasteiger partial charge in [-0.05, 0) is 37.6 Å². The highest BCUT2D eigenvalue weighted by Crippen LogP contribution is 2.40. The van der Waals surface area contributed by atoms with Gasteiger partial charge in [0.2, 0.25) is 0 Å². The van der Waals surface area contributed by atoms with E-state index in [1.54, 1.807) is 32.2 Å². The van der Waals surface area contributed by atoms with E-state index in [-0.39, 0.29) is 23.9 Å². The number of pyridine rings is 1. The van der Waals surface area contributed by atoms with Crippen molar-refractivity contribution in [1.29, 1.82) is 5.26 Å². The van der Waals surface area contributed by atoms with Crippen LogP contribution in [-0.4, -0.2) is 56.6 Å². The molecule has 1 aliphatic rings. The summed E-state index contributed by atoms with van der Waals surface area (Å²) in [4.78, 5) is 10.9. The molecule has 1 fully saturated rings. The Labute approximate surface area is 204 Å². The predicted molar refractivity (Wildman–Crippen MR) is 127 cm³/mol.